The molecule has 3 nitrogen and oxygen atoms in total. The summed E-state index contributed by atoms with van der Waals surface area (Å²) in [7, 11) is 0. The molecule has 0 bridgehead atoms. The lowest BCUT2D eigenvalue weighted by atomic mass is 9.97. The minimum atomic E-state index is 0.174. The number of fused-ring (bicyclic) bond motifs is 2. The Labute approximate surface area is 231 Å². The summed E-state index contributed by atoms with van der Waals surface area (Å²) in [6, 6.07) is 46.2. The normalized spacial score (nSPS) is 11.2. The van der Waals surface area contributed by atoms with E-state index in [1.54, 1.807) is 0 Å². The molecule has 0 unspecified atom stereocenters. The molecule has 39 heavy (non-hydrogen) atoms. The molecule has 0 radical (unpaired) electrons. The average molecular weight is 520 g/mol. The maximum atomic E-state index is 6.42. The van der Waals surface area contributed by atoms with Crippen molar-refractivity contribution >= 4 is 33.1 Å². The molecule has 0 aliphatic carbocycles. The Balaban J connectivity index is 1.27. The molecular weight excluding hydrogens is 498 g/mol. The third-order valence-corrected chi connectivity index (χ3v) is 7.21. The fraction of sp³-hybridized carbons (Fsp3) is 0. The van der Waals surface area contributed by atoms with Crippen molar-refractivity contribution in [2.75, 3.05) is 0 Å². The van der Waals surface area contributed by atoms with Gasteiger partial charge in [0, 0.05) is 11.1 Å². The first kappa shape index (κ1) is 23.3. The van der Waals surface area contributed by atoms with Crippen LogP contribution in [0.3, 0.4) is 0 Å². The Morgan fingerprint density at radius 3 is 1.64 bits per heavy atom. The molecule has 7 aromatic rings. The van der Waals surface area contributed by atoms with E-state index in [-0.39, 0.29) is 5.28 Å². The number of aromatic nitrogens is 3. The lowest BCUT2D eigenvalue weighted by molar-refractivity contribution is 1.07. The molecule has 1 heterocycles. The predicted octanol–water partition coefficient (Wildman–Crippen LogP) is 9.50. The van der Waals surface area contributed by atoms with Crippen LogP contribution < -0.4 is 0 Å². The van der Waals surface area contributed by atoms with Crippen LogP contribution in [0.5, 0.6) is 0 Å². The minimum Gasteiger partial charge on any atom is -0.208 e. The number of hydrogen-bond acceptors (Lipinski definition) is 3. The quantitative estimate of drug-likeness (QED) is 0.232. The number of hydrogen-bond donors (Lipinski definition) is 0. The molecule has 7 rings (SSSR count). The minimum absolute atomic E-state index is 0.174. The van der Waals surface area contributed by atoms with Crippen molar-refractivity contribution in [1.82, 2.24) is 15.0 Å². The van der Waals surface area contributed by atoms with Gasteiger partial charge in [-0.05, 0) is 73.6 Å². The first-order valence-electron chi connectivity index (χ1n) is 12.8. The summed E-state index contributed by atoms with van der Waals surface area (Å²) in [6.07, 6.45) is 0. The van der Waals surface area contributed by atoms with E-state index in [4.69, 9.17) is 16.6 Å². The van der Waals surface area contributed by atoms with Crippen LogP contribution in [0.1, 0.15) is 0 Å². The average Bonchev–Trinajstić information content (AvgIpc) is 3.00. The maximum Gasteiger partial charge on any atom is 0.226 e. The molecule has 0 saturated carbocycles. The van der Waals surface area contributed by atoms with Gasteiger partial charge in [0.25, 0.3) is 0 Å². The summed E-state index contributed by atoms with van der Waals surface area (Å²) in [5.74, 6) is 1.11. The van der Waals surface area contributed by atoms with E-state index in [2.05, 4.69) is 125 Å². The lowest BCUT2D eigenvalue weighted by Gasteiger charge is -2.10. The number of benzene rings is 6. The molecule has 4 heteroatoms. The molecule has 184 valence electrons. The van der Waals surface area contributed by atoms with Crippen molar-refractivity contribution in [1.29, 1.82) is 0 Å². The van der Waals surface area contributed by atoms with Gasteiger partial charge in [0.1, 0.15) is 0 Å². The van der Waals surface area contributed by atoms with E-state index in [1.807, 2.05) is 18.2 Å². The third kappa shape index (κ3) is 4.54. The van der Waals surface area contributed by atoms with Crippen LogP contribution in [0.4, 0.5) is 0 Å². The highest BCUT2D eigenvalue weighted by atomic mass is 35.5. The summed E-state index contributed by atoms with van der Waals surface area (Å²) in [5, 5.41) is 4.74. The summed E-state index contributed by atoms with van der Waals surface area (Å²) < 4.78 is 0. The zero-order valence-corrected chi connectivity index (χ0v) is 21.7. The number of halogens is 1. The van der Waals surface area contributed by atoms with Crippen LogP contribution >= 0.6 is 11.6 Å². The van der Waals surface area contributed by atoms with Gasteiger partial charge in [0.2, 0.25) is 5.28 Å². The Morgan fingerprint density at radius 1 is 0.385 bits per heavy atom. The highest BCUT2D eigenvalue weighted by molar-refractivity contribution is 6.28. The van der Waals surface area contributed by atoms with E-state index < -0.39 is 0 Å². The summed E-state index contributed by atoms with van der Waals surface area (Å²) in [4.78, 5) is 13.8. The second-order valence-corrected chi connectivity index (χ2v) is 9.84. The topological polar surface area (TPSA) is 38.7 Å². The fourth-order valence-electron chi connectivity index (χ4n) is 5.10. The zero-order valence-electron chi connectivity index (χ0n) is 20.9. The van der Waals surface area contributed by atoms with Crippen LogP contribution in [0.15, 0.2) is 133 Å². The maximum absolute atomic E-state index is 6.42. The Kier molecular flexibility index (Phi) is 5.84. The summed E-state index contributed by atoms with van der Waals surface area (Å²) in [5.41, 5.74) is 6.56. The number of rotatable bonds is 4. The van der Waals surface area contributed by atoms with Gasteiger partial charge in [0.05, 0.1) is 0 Å². The van der Waals surface area contributed by atoms with Crippen LogP contribution in [0.25, 0.3) is 66.6 Å². The molecule has 0 atom stereocenters. The van der Waals surface area contributed by atoms with Gasteiger partial charge in [-0.1, -0.05) is 115 Å². The van der Waals surface area contributed by atoms with Crippen molar-refractivity contribution in [2.24, 2.45) is 0 Å². The fourth-order valence-corrected chi connectivity index (χ4v) is 5.26. The molecule has 1 aromatic heterocycles. The zero-order chi connectivity index (χ0) is 26.2. The summed E-state index contributed by atoms with van der Waals surface area (Å²) >= 11 is 6.42. The highest BCUT2D eigenvalue weighted by Crippen LogP contribution is 2.32. The highest BCUT2D eigenvalue weighted by Gasteiger charge is 2.12. The smallest absolute Gasteiger partial charge is 0.208 e. The van der Waals surface area contributed by atoms with Gasteiger partial charge >= 0.3 is 0 Å². The van der Waals surface area contributed by atoms with Crippen LogP contribution in [-0.2, 0) is 0 Å². The van der Waals surface area contributed by atoms with Gasteiger partial charge < -0.3 is 0 Å². The van der Waals surface area contributed by atoms with Gasteiger partial charge in [-0.25, -0.2) is 4.98 Å². The first-order chi connectivity index (χ1) is 19.2. The van der Waals surface area contributed by atoms with Crippen molar-refractivity contribution in [3.05, 3.63) is 139 Å². The van der Waals surface area contributed by atoms with Gasteiger partial charge in [-0.3, -0.25) is 0 Å². The molecule has 0 amide bonds. The van der Waals surface area contributed by atoms with E-state index in [9.17, 15) is 0 Å². The Hall–Kier alpha value is -4.86. The van der Waals surface area contributed by atoms with Gasteiger partial charge in [-0.15, -0.1) is 0 Å². The monoisotopic (exact) mass is 519 g/mol. The Morgan fingerprint density at radius 2 is 0.949 bits per heavy atom. The second kappa shape index (κ2) is 9.79. The van der Waals surface area contributed by atoms with E-state index in [1.165, 1.54) is 27.6 Å². The van der Waals surface area contributed by atoms with Crippen LogP contribution in [0, 0.1) is 0 Å². The van der Waals surface area contributed by atoms with Crippen molar-refractivity contribution in [2.45, 2.75) is 0 Å². The Bertz CT molecular complexity index is 1970. The van der Waals surface area contributed by atoms with Crippen molar-refractivity contribution < 1.29 is 0 Å². The first-order valence-corrected chi connectivity index (χ1v) is 13.2. The van der Waals surface area contributed by atoms with Crippen molar-refractivity contribution in [3.63, 3.8) is 0 Å². The summed E-state index contributed by atoms with van der Waals surface area (Å²) in [6.45, 7) is 0. The molecular formula is C35H22ClN3. The van der Waals surface area contributed by atoms with Gasteiger partial charge in [-0.2, -0.15) is 9.97 Å². The molecule has 0 saturated heterocycles. The number of nitrogens with zero attached hydrogens (tertiary/aromatic N) is 3. The van der Waals surface area contributed by atoms with Crippen LogP contribution in [-0.4, -0.2) is 15.0 Å². The van der Waals surface area contributed by atoms with Gasteiger partial charge in [0.15, 0.2) is 11.6 Å². The molecule has 6 aromatic carbocycles. The third-order valence-electron chi connectivity index (χ3n) is 7.04. The molecule has 0 aliphatic heterocycles. The van der Waals surface area contributed by atoms with Crippen LogP contribution in [0.2, 0.25) is 5.28 Å². The van der Waals surface area contributed by atoms with Crippen molar-refractivity contribution in [3.8, 4) is 45.0 Å². The van der Waals surface area contributed by atoms with E-state index >= 15 is 0 Å². The largest absolute Gasteiger partial charge is 0.226 e. The molecule has 0 N–H and O–H groups in total. The second-order valence-electron chi connectivity index (χ2n) is 9.50. The van der Waals surface area contributed by atoms with E-state index in [0.29, 0.717) is 11.6 Å². The predicted molar refractivity (Wildman–Crippen MR) is 162 cm³/mol. The van der Waals surface area contributed by atoms with E-state index in [0.717, 1.165) is 27.3 Å². The molecule has 0 spiro atoms. The molecule has 0 aliphatic rings. The SMILES string of the molecule is Clc1nc(-c2ccc3cc(-c4ccccc4)ccc3c2)nc(-c2ccc3c(-c4ccccc4)cccc3c2)n1. The standard InChI is InChI=1S/C35H22ClN3/c36-35-38-33(29-17-16-26-20-25(14-15-27(26)21-29)23-8-3-1-4-9-23)37-34(39-35)30-18-19-32-28(22-30)12-7-13-31(32)24-10-5-2-6-11-24/h1-22H. The lowest BCUT2D eigenvalue weighted by Crippen LogP contribution is -1.97. The molecule has 0 fully saturated rings.